The Kier molecular flexibility index (Phi) is 4.70. The van der Waals surface area contributed by atoms with Crippen molar-refractivity contribution in [1.82, 2.24) is 4.98 Å². The lowest BCUT2D eigenvalue weighted by atomic mass is 10.1. The van der Waals surface area contributed by atoms with Gasteiger partial charge in [-0.1, -0.05) is 12.1 Å². The number of benzene rings is 1. The van der Waals surface area contributed by atoms with Crippen LogP contribution in [0.15, 0.2) is 23.6 Å². The van der Waals surface area contributed by atoms with Crippen LogP contribution >= 0.6 is 11.3 Å². The van der Waals surface area contributed by atoms with Crippen LogP contribution in [-0.2, 0) is 11.2 Å². The van der Waals surface area contributed by atoms with Crippen LogP contribution in [-0.4, -0.2) is 28.4 Å². The summed E-state index contributed by atoms with van der Waals surface area (Å²) in [6, 6.07) is 5.66. The summed E-state index contributed by atoms with van der Waals surface area (Å²) in [6.45, 7) is 3.80. The van der Waals surface area contributed by atoms with Gasteiger partial charge in [0.05, 0.1) is 12.1 Å². The summed E-state index contributed by atoms with van der Waals surface area (Å²) >= 11 is 1.14. The van der Waals surface area contributed by atoms with E-state index in [1.807, 2.05) is 32.0 Å². The van der Waals surface area contributed by atoms with Crippen LogP contribution in [0.5, 0.6) is 5.75 Å². The second-order valence-corrected chi connectivity index (χ2v) is 5.48. The second kappa shape index (κ2) is 6.49. The molecule has 0 amide bonds. The van der Waals surface area contributed by atoms with E-state index in [0.717, 1.165) is 22.5 Å². The summed E-state index contributed by atoms with van der Waals surface area (Å²) in [5, 5.41) is 10.5. The monoisotopic (exact) mass is 305 g/mol. The Morgan fingerprint density at radius 2 is 2.10 bits per heavy atom. The molecular weight excluding hydrogens is 290 g/mol. The summed E-state index contributed by atoms with van der Waals surface area (Å²) in [5.41, 5.74) is 2.48. The fourth-order valence-corrected chi connectivity index (χ4v) is 2.50. The van der Waals surface area contributed by atoms with Crippen LogP contribution in [0, 0.1) is 13.8 Å². The molecule has 1 heterocycles. The third-order valence-electron chi connectivity index (χ3n) is 3.04. The molecular formula is C15H15NO4S. The molecule has 0 fully saturated rings. The van der Waals surface area contributed by atoms with Crippen molar-refractivity contribution in [2.75, 3.05) is 6.61 Å². The summed E-state index contributed by atoms with van der Waals surface area (Å²) in [5.74, 6) is -0.547. The normalized spacial score (nSPS) is 10.4. The van der Waals surface area contributed by atoms with Crippen molar-refractivity contribution in [2.24, 2.45) is 0 Å². The number of aryl methyl sites for hydroxylation is 1. The van der Waals surface area contributed by atoms with Gasteiger partial charge in [0.2, 0.25) is 5.78 Å². The summed E-state index contributed by atoms with van der Waals surface area (Å²) in [4.78, 5) is 26.6. The number of thiazole rings is 1. The van der Waals surface area contributed by atoms with Crippen LogP contribution in [0.3, 0.4) is 0 Å². The second-order valence-electron chi connectivity index (χ2n) is 4.62. The molecule has 1 aromatic carbocycles. The molecule has 2 aromatic rings. The van der Waals surface area contributed by atoms with Gasteiger partial charge in [-0.3, -0.25) is 9.59 Å². The van der Waals surface area contributed by atoms with Gasteiger partial charge in [0.1, 0.15) is 5.75 Å². The molecule has 1 aromatic heterocycles. The molecule has 0 bridgehead atoms. The van der Waals surface area contributed by atoms with Crippen molar-refractivity contribution in [1.29, 1.82) is 0 Å². The Bertz CT molecular complexity index is 678. The van der Waals surface area contributed by atoms with Gasteiger partial charge in [0, 0.05) is 5.38 Å². The minimum Gasteiger partial charge on any atom is -0.485 e. The molecule has 0 aliphatic carbocycles. The molecule has 0 saturated heterocycles. The highest BCUT2D eigenvalue weighted by atomic mass is 32.1. The molecule has 0 aliphatic rings. The van der Waals surface area contributed by atoms with Crippen LogP contribution in [0.4, 0.5) is 0 Å². The molecule has 6 heteroatoms. The van der Waals surface area contributed by atoms with E-state index in [4.69, 9.17) is 9.84 Å². The number of aliphatic carboxylic acids is 1. The van der Waals surface area contributed by atoms with Crippen LogP contribution in [0.1, 0.15) is 26.6 Å². The predicted octanol–water partition coefficient (Wildman–Crippen LogP) is 2.65. The molecule has 0 spiro atoms. The van der Waals surface area contributed by atoms with E-state index in [1.165, 1.54) is 0 Å². The highest BCUT2D eigenvalue weighted by molar-refractivity contribution is 7.11. The number of ketones is 1. The zero-order chi connectivity index (χ0) is 15.4. The van der Waals surface area contributed by atoms with E-state index in [-0.39, 0.29) is 23.8 Å². The van der Waals surface area contributed by atoms with Crippen molar-refractivity contribution >= 4 is 23.1 Å². The number of rotatable bonds is 6. The number of hydrogen-bond acceptors (Lipinski definition) is 5. The lowest BCUT2D eigenvalue weighted by Gasteiger charge is -2.09. The number of nitrogens with zero attached hydrogens (tertiary/aromatic N) is 1. The van der Waals surface area contributed by atoms with Crippen LogP contribution < -0.4 is 4.74 Å². The number of carboxylic acids is 1. The molecule has 1 N–H and O–H groups in total. The van der Waals surface area contributed by atoms with Gasteiger partial charge in [-0.05, 0) is 31.0 Å². The average molecular weight is 305 g/mol. The standard InChI is InChI=1S/C15H15NO4S/c1-9-4-3-5-13(10(9)2)20-7-12(17)15-16-11(8-21-15)6-14(18)19/h3-5,8H,6-7H2,1-2H3,(H,18,19). The third kappa shape index (κ3) is 3.88. The van der Waals surface area contributed by atoms with Crippen molar-refractivity contribution in [3.05, 3.63) is 45.4 Å². The molecule has 110 valence electrons. The third-order valence-corrected chi connectivity index (χ3v) is 3.97. The Morgan fingerprint density at radius 3 is 2.81 bits per heavy atom. The molecule has 0 aliphatic heterocycles. The van der Waals surface area contributed by atoms with E-state index >= 15 is 0 Å². The smallest absolute Gasteiger partial charge is 0.309 e. The topological polar surface area (TPSA) is 76.5 Å². The maximum absolute atomic E-state index is 12.0. The SMILES string of the molecule is Cc1cccc(OCC(=O)c2nc(CC(=O)O)cs2)c1C. The van der Waals surface area contributed by atoms with Crippen molar-refractivity contribution < 1.29 is 19.4 Å². The Morgan fingerprint density at radius 1 is 1.33 bits per heavy atom. The number of carbonyl (C=O) groups is 2. The fraction of sp³-hybridized carbons (Fsp3) is 0.267. The first-order valence-corrected chi connectivity index (χ1v) is 7.23. The van der Waals surface area contributed by atoms with Crippen molar-refractivity contribution in [3.8, 4) is 5.75 Å². The molecule has 5 nitrogen and oxygen atoms in total. The average Bonchev–Trinajstić information content (AvgIpc) is 2.88. The highest BCUT2D eigenvalue weighted by Crippen LogP contribution is 2.21. The quantitative estimate of drug-likeness (QED) is 0.830. The minimum atomic E-state index is -0.967. The van der Waals surface area contributed by atoms with E-state index in [0.29, 0.717) is 11.4 Å². The Hall–Kier alpha value is -2.21. The number of hydrogen-bond donors (Lipinski definition) is 1. The van der Waals surface area contributed by atoms with Crippen LogP contribution in [0.25, 0.3) is 0 Å². The van der Waals surface area contributed by atoms with E-state index < -0.39 is 5.97 Å². The van der Waals surface area contributed by atoms with E-state index in [1.54, 1.807) is 5.38 Å². The predicted molar refractivity (Wildman–Crippen MR) is 79.2 cm³/mol. The number of carbonyl (C=O) groups excluding carboxylic acids is 1. The van der Waals surface area contributed by atoms with Gasteiger partial charge < -0.3 is 9.84 Å². The number of Topliss-reactive ketones (excluding diaryl/α,β-unsaturated/α-hetero) is 1. The first-order valence-electron chi connectivity index (χ1n) is 6.36. The zero-order valence-corrected chi connectivity index (χ0v) is 12.6. The van der Waals surface area contributed by atoms with E-state index in [2.05, 4.69) is 4.98 Å². The molecule has 0 unspecified atom stereocenters. The number of carboxylic acid groups (broad SMARTS) is 1. The maximum atomic E-state index is 12.0. The Balaban J connectivity index is 2.00. The van der Waals surface area contributed by atoms with Gasteiger partial charge in [-0.25, -0.2) is 4.98 Å². The zero-order valence-electron chi connectivity index (χ0n) is 11.8. The van der Waals surface area contributed by atoms with Gasteiger partial charge in [-0.15, -0.1) is 11.3 Å². The number of ether oxygens (including phenoxy) is 1. The van der Waals surface area contributed by atoms with Crippen molar-refractivity contribution in [2.45, 2.75) is 20.3 Å². The Labute approximate surface area is 126 Å². The molecule has 21 heavy (non-hydrogen) atoms. The highest BCUT2D eigenvalue weighted by Gasteiger charge is 2.14. The van der Waals surface area contributed by atoms with Gasteiger partial charge >= 0.3 is 5.97 Å². The first kappa shape index (κ1) is 15.2. The van der Waals surface area contributed by atoms with E-state index in [9.17, 15) is 9.59 Å². The molecule has 0 atom stereocenters. The maximum Gasteiger partial charge on any atom is 0.309 e. The van der Waals surface area contributed by atoms with Crippen molar-refractivity contribution in [3.63, 3.8) is 0 Å². The first-order chi connectivity index (χ1) is 9.97. The molecule has 0 saturated carbocycles. The molecule has 0 radical (unpaired) electrons. The lowest BCUT2D eigenvalue weighted by Crippen LogP contribution is -2.12. The summed E-state index contributed by atoms with van der Waals surface area (Å²) < 4.78 is 5.52. The largest absolute Gasteiger partial charge is 0.485 e. The van der Waals surface area contributed by atoms with Gasteiger partial charge in [0.15, 0.2) is 11.6 Å². The summed E-state index contributed by atoms with van der Waals surface area (Å²) in [7, 11) is 0. The lowest BCUT2D eigenvalue weighted by molar-refractivity contribution is -0.136. The van der Waals surface area contributed by atoms with Crippen LogP contribution in [0.2, 0.25) is 0 Å². The van der Waals surface area contributed by atoms with Gasteiger partial charge in [0.25, 0.3) is 0 Å². The summed E-state index contributed by atoms with van der Waals surface area (Å²) in [6.07, 6.45) is -0.179. The van der Waals surface area contributed by atoms with Gasteiger partial charge in [-0.2, -0.15) is 0 Å². The molecule has 2 rings (SSSR count). The fourth-order valence-electron chi connectivity index (χ4n) is 1.76. The number of aromatic nitrogens is 1. The minimum absolute atomic E-state index is 0.107.